The van der Waals surface area contributed by atoms with Crippen molar-refractivity contribution in [3.63, 3.8) is 0 Å². The number of carbonyl (C=O) groups is 1. The standard InChI is InChI=1S/C17H29N5O/c1-14-11-19(4)7-10-22(14)16(23)17(2,3)13-20-8-9-21-6-5-18-15(21)12-20/h5-6,14H,7-13H2,1-4H3. The van der Waals surface area contributed by atoms with Gasteiger partial charge >= 0.3 is 0 Å². The van der Waals surface area contributed by atoms with Crippen molar-refractivity contribution in [2.45, 2.75) is 39.9 Å². The van der Waals surface area contributed by atoms with Gasteiger partial charge in [-0.3, -0.25) is 9.69 Å². The molecule has 0 aliphatic carbocycles. The van der Waals surface area contributed by atoms with Crippen LogP contribution in [0.15, 0.2) is 12.4 Å². The Bertz CT molecular complexity index is 567. The van der Waals surface area contributed by atoms with E-state index in [9.17, 15) is 4.79 Å². The van der Waals surface area contributed by atoms with Crippen LogP contribution in [-0.4, -0.2) is 76.0 Å². The Labute approximate surface area is 139 Å². The van der Waals surface area contributed by atoms with Crippen molar-refractivity contribution >= 4 is 5.91 Å². The van der Waals surface area contributed by atoms with Crippen molar-refractivity contribution in [3.05, 3.63) is 18.2 Å². The number of nitrogens with zero attached hydrogens (tertiary/aromatic N) is 5. The zero-order valence-corrected chi connectivity index (χ0v) is 14.8. The molecule has 3 heterocycles. The lowest BCUT2D eigenvalue weighted by atomic mass is 9.89. The Hall–Kier alpha value is -1.40. The second-order valence-corrected chi connectivity index (χ2v) is 7.74. The van der Waals surface area contributed by atoms with Crippen LogP contribution in [0.2, 0.25) is 0 Å². The molecule has 6 heteroatoms. The highest BCUT2D eigenvalue weighted by atomic mass is 16.2. The fourth-order valence-electron chi connectivity index (χ4n) is 3.82. The molecule has 2 aliphatic rings. The quantitative estimate of drug-likeness (QED) is 0.830. The van der Waals surface area contributed by atoms with Crippen LogP contribution in [0.4, 0.5) is 0 Å². The molecule has 6 nitrogen and oxygen atoms in total. The van der Waals surface area contributed by atoms with E-state index in [1.54, 1.807) is 0 Å². The highest BCUT2D eigenvalue weighted by Gasteiger charge is 2.37. The minimum absolute atomic E-state index is 0.284. The minimum Gasteiger partial charge on any atom is -0.337 e. The van der Waals surface area contributed by atoms with E-state index >= 15 is 0 Å². The average molecular weight is 319 g/mol. The summed E-state index contributed by atoms with van der Waals surface area (Å²) in [5, 5.41) is 0. The predicted molar refractivity (Wildman–Crippen MR) is 90.0 cm³/mol. The topological polar surface area (TPSA) is 44.6 Å². The van der Waals surface area contributed by atoms with Gasteiger partial charge in [0.05, 0.1) is 12.0 Å². The fourth-order valence-corrected chi connectivity index (χ4v) is 3.82. The molecular formula is C17H29N5O. The van der Waals surface area contributed by atoms with Gasteiger partial charge in [0.2, 0.25) is 5.91 Å². The van der Waals surface area contributed by atoms with Crippen LogP contribution < -0.4 is 0 Å². The zero-order valence-electron chi connectivity index (χ0n) is 14.8. The third-order valence-electron chi connectivity index (χ3n) is 5.11. The molecule has 128 valence electrons. The summed E-state index contributed by atoms with van der Waals surface area (Å²) >= 11 is 0. The van der Waals surface area contributed by atoms with Crippen LogP contribution in [0.1, 0.15) is 26.6 Å². The van der Waals surface area contributed by atoms with Crippen LogP contribution >= 0.6 is 0 Å². The summed E-state index contributed by atoms with van der Waals surface area (Å²) in [5.74, 6) is 1.39. The molecular weight excluding hydrogens is 290 g/mol. The van der Waals surface area contributed by atoms with E-state index in [0.717, 1.165) is 51.6 Å². The van der Waals surface area contributed by atoms with Crippen molar-refractivity contribution in [3.8, 4) is 0 Å². The van der Waals surface area contributed by atoms with Gasteiger partial charge in [0.25, 0.3) is 0 Å². The predicted octanol–water partition coefficient (Wildman–Crippen LogP) is 0.887. The number of likely N-dealkylation sites (N-methyl/N-ethyl adjacent to an activating group) is 1. The van der Waals surface area contributed by atoms with E-state index in [1.165, 1.54) is 0 Å². The molecule has 1 fully saturated rings. The maximum absolute atomic E-state index is 13.1. The first-order valence-corrected chi connectivity index (χ1v) is 8.59. The molecule has 0 aromatic carbocycles. The number of fused-ring (bicyclic) bond motifs is 1. The van der Waals surface area contributed by atoms with Gasteiger partial charge < -0.3 is 14.4 Å². The van der Waals surface area contributed by atoms with Crippen molar-refractivity contribution in [2.75, 3.05) is 39.8 Å². The molecule has 23 heavy (non-hydrogen) atoms. The van der Waals surface area contributed by atoms with Crippen LogP contribution in [0, 0.1) is 5.41 Å². The SMILES string of the molecule is CC1CN(C)CCN1C(=O)C(C)(C)CN1CCn2ccnc2C1. The molecule has 1 aromatic rings. The number of rotatable bonds is 3. The Balaban J connectivity index is 1.63. The molecule has 1 atom stereocenters. The van der Waals surface area contributed by atoms with Crippen molar-refractivity contribution in [2.24, 2.45) is 5.41 Å². The Morgan fingerprint density at radius 3 is 2.83 bits per heavy atom. The van der Waals surface area contributed by atoms with Crippen LogP contribution in [0.3, 0.4) is 0 Å². The Kier molecular flexibility index (Phi) is 4.47. The Morgan fingerprint density at radius 2 is 2.09 bits per heavy atom. The smallest absolute Gasteiger partial charge is 0.229 e. The molecule has 2 aliphatic heterocycles. The highest BCUT2D eigenvalue weighted by molar-refractivity contribution is 5.82. The molecule has 1 aromatic heterocycles. The van der Waals surface area contributed by atoms with E-state index in [4.69, 9.17) is 0 Å². The van der Waals surface area contributed by atoms with Gasteiger partial charge in [-0.1, -0.05) is 0 Å². The van der Waals surface area contributed by atoms with E-state index in [1.807, 2.05) is 12.4 Å². The minimum atomic E-state index is -0.362. The molecule has 0 bridgehead atoms. The highest BCUT2D eigenvalue weighted by Crippen LogP contribution is 2.25. The monoisotopic (exact) mass is 319 g/mol. The summed E-state index contributed by atoms with van der Waals surface area (Å²) in [6, 6.07) is 0.292. The van der Waals surface area contributed by atoms with Gasteiger partial charge in [0.1, 0.15) is 5.82 Å². The van der Waals surface area contributed by atoms with Gasteiger partial charge in [0.15, 0.2) is 0 Å². The van der Waals surface area contributed by atoms with Crippen LogP contribution in [-0.2, 0) is 17.9 Å². The number of aromatic nitrogens is 2. The molecule has 1 amide bonds. The van der Waals surface area contributed by atoms with Gasteiger partial charge in [-0.15, -0.1) is 0 Å². The third kappa shape index (κ3) is 3.43. The summed E-state index contributed by atoms with van der Waals surface area (Å²) in [4.78, 5) is 24.2. The summed E-state index contributed by atoms with van der Waals surface area (Å²) in [5.41, 5.74) is -0.362. The molecule has 0 radical (unpaired) electrons. The maximum Gasteiger partial charge on any atom is 0.229 e. The lowest BCUT2D eigenvalue weighted by Crippen LogP contribution is -2.57. The Morgan fingerprint density at radius 1 is 1.30 bits per heavy atom. The third-order valence-corrected chi connectivity index (χ3v) is 5.11. The first-order valence-electron chi connectivity index (χ1n) is 8.59. The second-order valence-electron chi connectivity index (χ2n) is 7.74. The van der Waals surface area contributed by atoms with E-state index in [-0.39, 0.29) is 11.3 Å². The largest absolute Gasteiger partial charge is 0.337 e. The van der Waals surface area contributed by atoms with Gasteiger partial charge in [0, 0.05) is 57.7 Å². The lowest BCUT2D eigenvalue weighted by molar-refractivity contribution is -0.146. The van der Waals surface area contributed by atoms with Crippen LogP contribution in [0.5, 0.6) is 0 Å². The molecule has 0 saturated carbocycles. The number of carbonyl (C=O) groups excluding carboxylic acids is 1. The van der Waals surface area contributed by atoms with Crippen molar-refractivity contribution in [1.29, 1.82) is 0 Å². The lowest BCUT2D eigenvalue weighted by Gasteiger charge is -2.43. The first-order chi connectivity index (χ1) is 10.9. The van der Waals surface area contributed by atoms with Gasteiger partial charge in [-0.05, 0) is 27.8 Å². The first kappa shape index (κ1) is 16.5. The zero-order chi connectivity index (χ0) is 16.6. The average Bonchev–Trinajstić information content (AvgIpc) is 2.93. The maximum atomic E-state index is 13.1. The molecule has 3 rings (SSSR count). The number of piperazine rings is 1. The number of amides is 1. The van der Waals surface area contributed by atoms with Gasteiger partial charge in [-0.2, -0.15) is 0 Å². The van der Waals surface area contributed by atoms with E-state index in [0.29, 0.717) is 6.04 Å². The fraction of sp³-hybridized carbons (Fsp3) is 0.765. The van der Waals surface area contributed by atoms with Crippen LogP contribution in [0.25, 0.3) is 0 Å². The van der Waals surface area contributed by atoms with E-state index < -0.39 is 0 Å². The second kappa shape index (κ2) is 6.24. The van der Waals surface area contributed by atoms with Crippen molar-refractivity contribution < 1.29 is 4.79 Å². The number of hydrogen-bond acceptors (Lipinski definition) is 4. The summed E-state index contributed by atoms with van der Waals surface area (Å²) in [6.45, 7) is 12.7. The normalized spacial score (nSPS) is 23.8. The van der Waals surface area contributed by atoms with E-state index in [2.05, 4.69) is 52.1 Å². The number of imidazole rings is 1. The number of hydrogen-bond donors (Lipinski definition) is 0. The summed E-state index contributed by atoms with van der Waals surface area (Å²) in [6.07, 6.45) is 3.90. The molecule has 1 unspecified atom stereocenters. The molecule has 1 saturated heterocycles. The van der Waals surface area contributed by atoms with Gasteiger partial charge in [-0.25, -0.2) is 4.98 Å². The molecule has 0 N–H and O–H groups in total. The molecule has 0 spiro atoms. The summed E-state index contributed by atoms with van der Waals surface area (Å²) in [7, 11) is 2.12. The van der Waals surface area contributed by atoms with Crippen molar-refractivity contribution in [1.82, 2.24) is 24.3 Å². The summed E-state index contributed by atoms with van der Waals surface area (Å²) < 4.78 is 2.20.